The summed E-state index contributed by atoms with van der Waals surface area (Å²) in [7, 11) is 0. The second-order valence-corrected chi connectivity index (χ2v) is 4.73. The molecule has 0 amide bonds. The van der Waals surface area contributed by atoms with Crippen molar-refractivity contribution in [3.05, 3.63) is 65.1 Å². The fourth-order valence-corrected chi connectivity index (χ4v) is 2.36. The van der Waals surface area contributed by atoms with Gasteiger partial charge in [0.05, 0.1) is 10.9 Å². The molecule has 0 atom stereocenters. The molecule has 4 rings (SSSR count). The Balaban J connectivity index is 1.97. The molecule has 3 aromatic heterocycles. The molecule has 3 heterocycles. The Bertz CT molecular complexity index is 1030. The topological polar surface area (TPSA) is 67.7 Å². The Morgan fingerprint density at radius 1 is 1.10 bits per heavy atom. The number of aromatic hydroxyl groups is 1. The van der Waals surface area contributed by atoms with Crippen molar-refractivity contribution in [3.63, 3.8) is 0 Å². The Hall–Kier alpha value is -3.08. The summed E-state index contributed by atoms with van der Waals surface area (Å²) < 4.78 is 7.29. The van der Waals surface area contributed by atoms with Gasteiger partial charge in [-0.1, -0.05) is 12.1 Å². The van der Waals surface area contributed by atoms with Crippen molar-refractivity contribution in [1.29, 1.82) is 0 Å². The van der Waals surface area contributed by atoms with Crippen LogP contribution in [0.1, 0.15) is 0 Å². The van der Waals surface area contributed by atoms with Gasteiger partial charge >= 0.3 is 0 Å². The fourth-order valence-electron chi connectivity index (χ4n) is 2.36. The highest BCUT2D eigenvalue weighted by Gasteiger charge is 2.09. The summed E-state index contributed by atoms with van der Waals surface area (Å²) in [6, 6.07) is 13.6. The zero-order valence-corrected chi connectivity index (χ0v) is 10.9. The van der Waals surface area contributed by atoms with Crippen LogP contribution in [-0.4, -0.2) is 14.5 Å². The summed E-state index contributed by atoms with van der Waals surface area (Å²) in [6.45, 7) is 0. The van der Waals surface area contributed by atoms with Gasteiger partial charge in [-0.2, -0.15) is 0 Å². The van der Waals surface area contributed by atoms with Gasteiger partial charge in [-0.3, -0.25) is 9.20 Å². The molecule has 5 nitrogen and oxygen atoms in total. The van der Waals surface area contributed by atoms with Crippen molar-refractivity contribution in [2.75, 3.05) is 0 Å². The molecule has 1 aromatic carbocycles. The van der Waals surface area contributed by atoms with E-state index in [9.17, 15) is 9.90 Å². The van der Waals surface area contributed by atoms with Crippen molar-refractivity contribution in [3.8, 4) is 17.3 Å². The number of fused-ring (bicyclic) bond motifs is 2. The number of benzene rings is 1. The van der Waals surface area contributed by atoms with Crippen LogP contribution >= 0.6 is 0 Å². The molecule has 0 saturated carbocycles. The van der Waals surface area contributed by atoms with Crippen LogP contribution in [0.25, 0.3) is 27.9 Å². The van der Waals surface area contributed by atoms with E-state index in [1.54, 1.807) is 40.8 Å². The van der Waals surface area contributed by atoms with E-state index in [4.69, 9.17) is 4.42 Å². The van der Waals surface area contributed by atoms with Crippen LogP contribution in [0.4, 0.5) is 0 Å². The van der Waals surface area contributed by atoms with Crippen LogP contribution in [0.5, 0.6) is 5.88 Å². The van der Waals surface area contributed by atoms with Gasteiger partial charge in [0.25, 0.3) is 0 Å². The first-order valence-electron chi connectivity index (χ1n) is 6.42. The molecule has 102 valence electrons. The number of nitrogens with zero attached hydrogens (tertiary/aromatic N) is 2. The zero-order valence-electron chi connectivity index (χ0n) is 10.9. The maximum atomic E-state index is 12.1. The van der Waals surface area contributed by atoms with Crippen LogP contribution in [0.3, 0.4) is 0 Å². The maximum Gasteiger partial charge on any atom is 0.196 e. The normalized spacial score (nSPS) is 11.2. The van der Waals surface area contributed by atoms with Gasteiger partial charge in [0, 0.05) is 12.1 Å². The molecule has 5 heteroatoms. The van der Waals surface area contributed by atoms with Crippen LogP contribution in [-0.2, 0) is 0 Å². The number of rotatable bonds is 1. The molecule has 0 fully saturated rings. The third-order valence-electron chi connectivity index (χ3n) is 3.41. The summed E-state index contributed by atoms with van der Waals surface area (Å²) in [4.78, 5) is 16.3. The minimum absolute atomic E-state index is 0.105. The van der Waals surface area contributed by atoms with Crippen LogP contribution in [0.15, 0.2) is 64.1 Å². The Morgan fingerprint density at radius 2 is 1.95 bits per heavy atom. The molecular formula is C16H10N2O3. The minimum atomic E-state index is -0.105. The fraction of sp³-hybridized carbons (Fsp3) is 0. The second-order valence-electron chi connectivity index (χ2n) is 4.73. The van der Waals surface area contributed by atoms with E-state index in [1.807, 2.05) is 6.07 Å². The molecular weight excluding hydrogens is 268 g/mol. The highest BCUT2D eigenvalue weighted by atomic mass is 16.3. The minimum Gasteiger partial charge on any atom is -0.494 e. The van der Waals surface area contributed by atoms with Gasteiger partial charge in [0.2, 0.25) is 0 Å². The smallest absolute Gasteiger partial charge is 0.196 e. The molecule has 0 unspecified atom stereocenters. The molecule has 0 saturated heterocycles. The van der Waals surface area contributed by atoms with Crippen molar-refractivity contribution in [2.45, 2.75) is 0 Å². The van der Waals surface area contributed by atoms with E-state index >= 15 is 0 Å². The quantitative estimate of drug-likeness (QED) is 0.581. The average molecular weight is 278 g/mol. The third kappa shape index (κ3) is 1.79. The van der Waals surface area contributed by atoms with Crippen molar-refractivity contribution < 1.29 is 9.52 Å². The average Bonchev–Trinajstić information content (AvgIpc) is 2.88. The molecule has 0 spiro atoms. The van der Waals surface area contributed by atoms with Gasteiger partial charge in [-0.15, -0.1) is 0 Å². The summed E-state index contributed by atoms with van der Waals surface area (Å²) in [5, 5.41) is 10.2. The summed E-state index contributed by atoms with van der Waals surface area (Å²) in [5.41, 5.74) is 1.74. The van der Waals surface area contributed by atoms with Gasteiger partial charge < -0.3 is 9.52 Å². The first-order chi connectivity index (χ1) is 10.2. The van der Waals surface area contributed by atoms with Gasteiger partial charge in [0.1, 0.15) is 17.6 Å². The molecule has 1 N–H and O–H groups in total. The van der Waals surface area contributed by atoms with E-state index in [1.165, 1.54) is 12.4 Å². The lowest BCUT2D eigenvalue weighted by molar-refractivity contribution is 0.448. The second kappa shape index (κ2) is 4.21. The van der Waals surface area contributed by atoms with Crippen molar-refractivity contribution in [2.24, 2.45) is 0 Å². The van der Waals surface area contributed by atoms with Crippen LogP contribution in [0, 0.1) is 0 Å². The van der Waals surface area contributed by atoms with Gasteiger partial charge in [0.15, 0.2) is 17.1 Å². The predicted octanol–water partition coefficient (Wildman–Crippen LogP) is 2.81. The van der Waals surface area contributed by atoms with E-state index in [0.29, 0.717) is 22.4 Å². The van der Waals surface area contributed by atoms with E-state index in [0.717, 1.165) is 5.52 Å². The highest BCUT2D eigenvalue weighted by molar-refractivity contribution is 5.78. The Kier molecular flexibility index (Phi) is 2.35. The SMILES string of the molecule is O=c1cc(-c2cc3ccc(O)n3cn2)oc2ccccc12. The standard InChI is InChI=1S/C16H10N2O3/c19-13-8-15(21-14-4-2-1-3-11(13)14)12-7-10-5-6-16(20)18(10)9-17-12/h1-9,20H. The Morgan fingerprint density at radius 3 is 2.86 bits per heavy atom. The number of para-hydroxylation sites is 1. The molecule has 0 bridgehead atoms. The van der Waals surface area contributed by atoms with E-state index < -0.39 is 0 Å². The lowest BCUT2D eigenvalue weighted by Gasteiger charge is -2.03. The summed E-state index contributed by atoms with van der Waals surface area (Å²) in [6.07, 6.45) is 1.50. The number of aromatic nitrogens is 2. The van der Waals surface area contributed by atoms with Gasteiger partial charge in [-0.25, -0.2) is 4.98 Å². The monoisotopic (exact) mass is 278 g/mol. The molecule has 0 aliphatic heterocycles. The highest BCUT2D eigenvalue weighted by Crippen LogP contribution is 2.23. The predicted molar refractivity (Wildman–Crippen MR) is 78.3 cm³/mol. The van der Waals surface area contributed by atoms with Crippen molar-refractivity contribution in [1.82, 2.24) is 9.38 Å². The zero-order chi connectivity index (χ0) is 14.4. The lowest BCUT2D eigenvalue weighted by Crippen LogP contribution is -2.00. The van der Waals surface area contributed by atoms with Crippen molar-refractivity contribution >= 4 is 16.5 Å². The lowest BCUT2D eigenvalue weighted by atomic mass is 10.2. The molecule has 4 aromatic rings. The number of hydrogen-bond donors (Lipinski definition) is 1. The summed E-state index contributed by atoms with van der Waals surface area (Å²) >= 11 is 0. The molecule has 0 radical (unpaired) electrons. The first-order valence-corrected chi connectivity index (χ1v) is 6.42. The Labute approximate surface area is 118 Å². The number of hydrogen-bond acceptors (Lipinski definition) is 4. The first kappa shape index (κ1) is 11.7. The van der Waals surface area contributed by atoms with E-state index in [-0.39, 0.29) is 11.3 Å². The largest absolute Gasteiger partial charge is 0.494 e. The summed E-state index contributed by atoms with van der Waals surface area (Å²) in [5.74, 6) is 0.519. The molecule has 21 heavy (non-hydrogen) atoms. The molecule has 0 aliphatic carbocycles. The molecule has 0 aliphatic rings. The van der Waals surface area contributed by atoms with Gasteiger partial charge in [-0.05, 0) is 24.3 Å². The van der Waals surface area contributed by atoms with Crippen LogP contribution < -0.4 is 5.43 Å². The van der Waals surface area contributed by atoms with E-state index in [2.05, 4.69) is 4.98 Å². The third-order valence-corrected chi connectivity index (χ3v) is 3.41. The van der Waals surface area contributed by atoms with Crippen LogP contribution in [0.2, 0.25) is 0 Å². The maximum absolute atomic E-state index is 12.1.